The topological polar surface area (TPSA) is 54.2 Å². The molecule has 5 nitrogen and oxygen atoms in total. The van der Waals surface area contributed by atoms with Crippen LogP contribution in [0.3, 0.4) is 0 Å². The van der Waals surface area contributed by atoms with Crippen LogP contribution < -0.4 is 5.32 Å². The first-order valence-corrected chi connectivity index (χ1v) is 6.84. The highest BCUT2D eigenvalue weighted by atomic mass is 16.3. The van der Waals surface area contributed by atoms with E-state index < -0.39 is 0 Å². The number of nitrogens with zero attached hydrogens (tertiary/aromatic N) is 3. The summed E-state index contributed by atoms with van der Waals surface area (Å²) in [4.78, 5) is 10.9. The zero-order chi connectivity index (χ0) is 14.5. The van der Waals surface area contributed by atoms with Crippen LogP contribution >= 0.6 is 0 Å². The highest BCUT2D eigenvalue weighted by Crippen LogP contribution is 2.19. The van der Waals surface area contributed by atoms with Crippen molar-refractivity contribution in [2.45, 2.75) is 25.8 Å². The fourth-order valence-electron chi connectivity index (χ4n) is 1.99. The normalized spacial score (nSPS) is 12.9. The average Bonchev–Trinajstić information content (AvgIpc) is 2.93. The monoisotopic (exact) mass is 274 g/mol. The summed E-state index contributed by atoms with van der Waals surface area (Å²) in [5, 5.41) is 3.29. The molecular formula is C15H22N4O. The molecule has 20 heavy (non-hydrogen) atoms. The fraction of sp³-hybridized carbons (Fsp3) is 0.467. The third-order valence-electron chi connectivity index (χ3n) is 3.22. The molecule has 0 aromatic carbocycles. The largest absolute Gasteiger partial charge is 0.468 e. The Morgan fingerprint density at radius 1 is 1.30 bits per heavy atom. The van der Waals surface area contributed by atoms with Gasteiger partial charge >= 0.3 is 0 Å². The Morgan fingerprint density at radius 2 is 2.10 bits per heavy atom. The number of anilines is 1. The van der Waals surface area contributed by atoms with Gasteiger partial charge in [0.25, 0.3) is 0 Å². The predicted octanol–water partition coefficient (Wildman–Crippen LogP) is 2.91. The number of aromatic nitrogens is 2. The molecule has 0 radical (unpaired) electrons. The number of hydrogen-bond donors (Lipinski definition) is 1. The van der Waals surface area contributed by atoms with Crippen molar-refractivity contribution in [2.75, 3.05) is 26.0 Å². The van der Waals surface area contributed by atoms with Gasteiger partial charge in [0.2, 0.25) is 5.95 Å². The minimum atomic E-state index is 0.149. The zero-order valence-electron chi connectivity index (χ0n) is 12.5. The van der Waals surface area contributed by atoms with E-state index in [2.05, 4.69) is 34.0 Å². The van der Waals surface area contributed by atoms with Gasteiger partial charge in [0.05, 0.1) is 12.3 Å². The molecule has 0 saturated carbocycles. The van der Waals surface area contributed by atoms with Crippen LogP contribution in [0.1, 0.15) is 37.3 Å². The van der Waals surface area contributed by atoms with Crippen LogP contribution in [-0.4, -0.2) is 35.5 Å². The van der Waals surface area contributed by atoms with Crippen LogP contribution in [0.4, 0.5) is 5.95 Å². The average molecular weight is 274 g/mol. The van der Waals surface area contributed by atoms with Gasteiger partial charge in [0.1, 0.15) is 5.76 Å². The number of hydrogen-bond acceptors (Lipinski definition) is 5. The summed E-state index contributed by atoms with van der Waals surface area (Å²) in [5.74, 6) is 1.99. The van der Waals surface area contributed by atoms with Gasteiger partial charge in [0.15, 0.2) is 0 Å². The Kier molecular flexibility index (Phi) is 4.74. The van der Waals surface area contributed by atoms with Gasteiger partial charge in [-0.2, -0.15) is 0 Å². The smallest absolute Gasteiger partial charge is 0.222 e. The van der Waals surface area contributed by atoms with Crippen LogP contribution in [0, 0.1) is 0 Å². The number of nitrogens with one attached hydrogen (secondary N) is 1. The Bertz CT molecular complexity index is 522. The molecule has 5 heteroatoms. The van der Waals surface area contributed by atoms with Crippen molar-refractivity contribution >= 4 is 5.95 Å². The van der Waals surface area contributed by atoms with Crippen molar-refractivity contribution in [3.05, 3.63) is 42.1 Å². The van der Waals surface area contributed by atoms with Crippen LogP contribution in [-0.2, 0) is 0 Å². The molecule has 0 bridgehead atoms. The second kappa shape index (κ2) is 6.52. The van der Waals surface area contributed by atoms with E-state index in [1.54, 1.807) is 12.5 Å². The molecule has 2 rings (SSSR count). The van der Waals surface area contributed by atoms with E-state index >= 15 is 0 Å². The van der Waals surface area contributed by atoms with E-state index in [1.807, 2.05) is 32.3 Å². The molecule has 2 aromatic rings. The lowest BCUT2D eigenvalue weighted by Crippen LogP contribution is -2.27. The number of rotatable bonds is 6. The summed E-state index contributed by atoms with van der Waals surface area (Å²) in [6, 6.07) is 5.99. The zero-order valence-corrected chi connectivity index (χ0v) is 12.5. The predicted molar refractivity (Wildman–Crippen MR) is 79.7 cm³/mol. The molecule has 0 saturated heterocycles. The van der Waals surface area contributed by atoms with E-state index in [4.69, 9.17) is 4.42 Å². The molecule has 0 aliphatic carbocycles. The van der Waals surface area contributed by atoms with Gasteiger partial charge in [-0.15, -0.1) is 0 Å². The molecule has 1 unspecified atom stereocenters. The van der Waals surface area contributed by atoms with Gasteiger partial charge in [-0.3, -0.25) is 4.90 Å². The van der Waals surface area contributed by atoms with Crippen molar-refractivity contribution in [3.63, 3.8) is 0 Å². The highest BCUT2D eigenvalue weighted by molar-refractivity contribution is 5.27. The maximum Gasteiger partial charge on any atom is 0.222 e. The molecule has 0 amide bonds. The molecule has 0 aliphatic heterocycles. The van der Waals surface area contributed by atoms with E-state index in [9.17, 15) is 0 Å². The maximum atomic E-state index is 5.48. The van der Waals surface area contributed by atoms with E-state index in [1.165, 1.54) is 0 Å². The molecule has 2 heterocycles. The van der Waals surface area contributed by atoms with Gasteiger partial charge in [0, 0.05) is 18.4 Å². The lowest BCUT2D eigenvalue weighted by molar-refractivity contribution is 0.269. The summed E-state index contributed by atoms with van der Waals surface area (Å²) in [5.41, 5.74) is 1.04. The summed E-state index contributed by atoms with van der Waals surface area (Å²) in [6.45, 7) is 4.94. The summed E-state index contributed by atoms with van der Waals surface area (Å²) in [7, 11) is 4.06. The van der Waals surface area contributed by atoms with Crippen molar-refractivity contribution in [1.82, 2.24) is 14.9 Å². The van der Waals surface area contributed by atoms with Crippen LogP contribution in [0.25, 0.3) is 0 Å². The quantitative estimate of drug-likeness (QED) is 0.877. The standard InChI is InChI=1S/C15H22N4O/c1-11(2)12-7-8-16-15(18-12)17-10-13(19(3)4)14-6-5-9-20-14/h5-9,11,13H,10H2,1-4H3,(H,16,17,18). The summed E-state index contributed by atoms with van der Waals surface area (Å²) < 4.78 is 5.48. The Morgan fingerprint density at radius 3 is 2.70 bits per heavy atom. The van der Waals surface area contributed by atoms with E-state index in [0.717, 1.165) is 11.5 Å². The van der Waals surface area contributed by atoms with Gasteiger partial charge in [-0.1, -0.05) is 13.8 Å². The summed E-state index contributed by atoms with van der Waals surface area (Å²) >= 11 is 0. The molecule has 2 aromatic heterocycles. The van der Waals surface area contributed by atoms with Gasteiger partial charge in [-0.25, -0.2) is 9.97 Å². The minimum Gasteiger partial charge on any atom is -0.468 e. The number of likely N-dealkylation sites (N-methyl/N-ethyl adjacent to an activating group) is 1. The lowest BCUT2D eigenvalue weighted by atomic mass is 10.1. The molecule has 0 aliphatic rings. The molecule has 1 atom stereocenters. The Balaban J connectivity index is 2.04. The van der Waals surface area contributed by atoms with Crippen LogP contribution in [0.15, 0.2) is 35.1 Å². The third-order valence-corrected chi connectivity index (χ3v) is 3.22. The molecule has 0 spiro atoms. The second-order valence-electron chi connectivity index (χ2n) is 5.34. The first-order chi connectivity index (χ1) is 9.58. The second-order valence-corrected chi connectivity index (χ2v) is 5.34. The summed E-state index contributed by atoms with van der Waals surface area (Å²) in [6.07, 6.45) is 3.49. The number of furan rings is 1. The highest BCUT2D eigenvalue weighted by Gasteiger charge is 2.17. The molecule has 1 N–H and O–H groups in total. The molecular weight excluding hydrogens is 252 g/mol. The third kappa shape index (κ3) is 3.57. The van der Waals surface area contributed by atoms with Crippen LogP contribution in [0.2, 0.25) is 0 Å². The van der Waals surface area contributed by atoms with Crippen molar-refractivity contribution in [2.24, 2.45) is 0 Å². The molecule has 0 fully saturated rings. The first kappa shape index (κ1) is 14.5. The Hall–Kier alpha value is -1.88. The van der Waals surface area contributed by atoms with Crippen molar-refractivity contribution in [1.29, 1.82) is 0 Å². The van der Waals surface area contributed by atoms with Crippen molar-refractivity contribution in [3.8, 4) is 0 Å². The van der Waals surface area contributed by atoms with Gasteiger partial charge in [-0.05, 0) is 38.2 Å². The maximum absolute atomic E-state index is 5.48. The Labute approximate surface area is 120 Å². The first-order valence-electron chi connectivity index (χ1n) is 6.84. The lowest BCUT2D eigenvalue weighted by Gasteiger charge is -2.22. The molecule has 108 valence electrons. The van der Waals surface area contributed by atoms with Crippen LogP contribution in [0.5, 0.6) is 0 Å². The van der Waals surface area contributed by atoms with Crippen molar-refractivity contribution < 1.29 is 4.42 Å². The van der Waals surface area contributed by atoms with E-state index in [-0.39, 0.29) is 6.04 Å². The van der Waals surface area contributed by atoms with E-state index in [0.29, 0.717) is 18.4 Å². The van der Waals surface area contributed by atoms with Gasteiger partial charge < -0.3 is 9.73 Å². The fourth-order valence-corrected chi connectivity index (χ4v) is 1.99. The SMILES string of the molecule is CC(C)c1ccnc(NCC(c2ccco2)N(C)C)n1. The minimum absolute atomic E-state index is 0.149.